The van der Waals surface area contributed by atoms with Gasteiger partial charge in [-0.25, -0.2) is 0 Å². The number of benzene rings is 1. The van der Waals surface area contributed by atoms with Gasteiger partial charge in [-0.1, -0.05) is 24.3 Å². The standard InChI is InChI=1S/C19H28N4O.HI/c1-19(9-6-12-24-19)15-22-18(20-2)21-14-16-7-5-8-17(13-16)23-10-3-4-11-23;/h3-5,7-8,13H,6,9-12,14-15H2,1-2H3,(H2,20,21,22);1H. The zero-order chi connectivity index (χ0) is 16.8. The fourth-order valence-electron chi connectivity index (χ4n) is 3.21. The summed E-state index contributed by atoms with van der Waals surface area (Å²) in [6.07, 6.45) is 6.66. The first-order valence-electron chi connectivity index (χ1n) is 8.76. The Balaban J connectivity index is 0.00000225. The lowest BCUT2D eigenvalue weighted by Gasteiger charge is -2.24. The summed E-state index contributed by atoms with van der Waals surface area (Å²) in [5, 5.41) is 6.78. The molecule has 0 amide bonds. The Morgan fingerprint density at radius 1 is 1.28 bits per heavy atom. The Morgan fingerprint density at radius 2 is 2.08 bits per heavy atom. The van der Waals surface area contributed by atoms with Crippen molar-refractivity contribution in [1.82, 2.24) is 10.6 Å². The number of guanidine groups is 1. The van der Waals surface area contributed by atoms with Gasteiger partial charge < -0.3 is 20.3 Å². The maximum Gasteiger partial charge on any atom is 0.191 e. The van der Waals surface area contributed by atoms with Gasteiger partial charge in [0.05, 0.1) is 5.60 Å². The average molecular weight is 456 g/mol. The average Bonchev–Trinajstić information content (AvgIpc) is 3.27. The number of hydrogen-bond acceptors (Lipinski definition) is 3. The third-order valence-electron chi connectivity index (χ3n) is 4.71. The zero-order valence-electron chi connectivity index (χ0n) is 15.1. The Morgan fingerprint density at radius 3 is 2.76 bits per heavy atom. The van der Waals surface area contributed by atoms with E-state index < -0.39 is 0 Å². The van der Waals surface area contributed by atoms with Crippen molar-refractivity contribution in [2.45, 2.75) is 31.9 Å². The van der Waals surface area contributed by atoms with Gasteiger partial charge in [-0.15, -0.1) is 24.0 Å². The maximum absolute atomic E-state index is 5.81. The summed E-state index contributed by atoms with van der Waals surface area (Å²) in [6, 6.07) is 8.68. The SMILES string of the molecule is CN=C(NCc1cccc(N2CC=CC2)c1)NCC1(C)CCCO1.I. The quantitative estimate of drug-likeness (QED) is 0.310. The lowest BCUT2D eigenvalue weighted by molar-refractivity contribution is 0.0243. The number of rotatable bonds is 5. The second-order valence-electron chi connectivity index (χ2n) is 6.73. The number of nitrogens with one attached hydrogen (secondary N) is 2. The van der Waals surface area contributed by atoms with E-state index in [0.29, 0.717) is 0 Å². The van der Waals surface area contributed by atoms with E-state index in [9.17, 15) is 0 Å². The Bertz CT molecular complexity index is 603. The molecule has 6 heteroatoms. The van der Waals surface area contributed by atoms with Crippen LogP contribution in [0, 0.1) is 0 Å². The maximum atomic E-state index is 5.81. The molecule has 2 N–H and O–H groups in total. The summed E-state index contributed by atoms with van der Waals surface area (Å²) >= 11 is 0. The molecule has 2 heterocycles. The summed E-state index contributed by atoms with van der Waals surface area (Å²) in [5.41, 5.74) is 2.46. The van der Waals surface area contributed by atoms with Gasteiger partial charge in [0.2, 0.25) is 0 Å². The number of hydrogen-bond donors (Lipinski definition) is 2. The lowest BCUT2D eigenvalue weighted by atomic mass is 10.0. The largest absolute Gasteiger partial charge is 0.373 e. The van der Waals surface area contributed by atoms with Crippen molar-refractivity contribution in [3.63, 3.8) is 0 Å². The van der Waals surface area contributed by atoms with Crippen molar-refractivity contribution in [3.05, 3.63) is 42.0 Å². The summed E-state index contributed by atoms with van der Waals surface area (Å²) in [6.45, 7) is 6.56. The van der Waals surface area contributed by atoms with Gasteiger partial charge in [0.25, 0.3) is 0 Å². The first-order valence-corrected chi connectivity index (χ1v) is 8.76. The zero-order valence-corrected chi connectivity index (χ0v) is 17.5. The first kappa shape index (κ1) is 20.0. The van der Waals surface area contributed by atoms with Gasteiger partial charge >= 0.3 is 0 Å². The molecule has 3 rings (SSSR count). The molecule has 1 aromatic rings. The Labute approximate surface area is 167 Å². The van der Waals surface area contributed by atoms with Crippen LogP contribution in [-0.2, 0) is 11.3 Å². The van der Waals surface area contributed by atoms with Gasteiger partial charge in [0.1, 0.15) is 0 Å². The molecule has 0 radical (unpaired) electrons. The van der Waals surface area contributed by atoms with Crippen LogP contribution in [0.25, 0.3) is 0 Å². The molecule has 25 heavy (non-hydrogen) atoms. The first-order chi connectivity index (χ1) is 11.7. The summed E-state index contributed by atoms with van der Waals surface area (Å²) in [4.78, 5) is 6.67. The van der Waals surface area contributed by atoms with Gasteiger partial charge in [-0.2, -0.15) is 0 Å². The van der Waals surface area contributed by atoms with E-state index in [4.69, 9.17) is 4.74 Å². The molecule has 0 aliphatic carbocycles. The van der Waals surface area contributed by atoms with Gasteiger partial charge in [-0.3, -0.25) is 4.99 Å². The van der Waals surface area contributed by atoms with Crippen molar-refractivity contribution in [2.75, 3.05) is 38.2 Å². The van der Waals surface area contributed by atoms with E-state index in [-0.39, 0.29) is 29.6 Å². The normalized spacial score (nSPS) is 22.8. The van der Waals surface area contributed by atoms with Crippen molar-refractivity contribution in [3.8, 4) is 0 Å². The summed E-state index contributed by atoms with van der Waals surface area (Å²) in [5.74, 6) is 0.819. The number of anilines is 1. The number of nitrogens with zero attached hydrogens (tertiary/aromatic N) is 2. The molecule has 1 saturated heterocycles. The highest BCUT2D eigenvalue weighted by atomic mass is 127. The predicted molar refractivity (Wildman–Crippen MR) is 115 cm³/mol. The van der Waals surface area contributed by atoms with Gasteiger partial charge in [-0.05, 0) is 37.5 Å². The van der Waals surface area contributed by atoms with Crippen LogP contribution in [0.1, 0.15) is 25.3 Å². The van der Waals surface area contributed by atoms with E-state index in [0.717, 1.165) is 51.6 Å². The van der Waals surface area contributed by atoms with Crippen LogP contribution < -0.4 is 15.5 Å². The minimum Gasteiger partial charge on any atom is -0.373 e. The molecule has 1 atom stereocenters. The molecule has 0 bridgehead atoms. The highest BCUT2D eigenvalue weighted by Crippen LogP contribution is 2.23. The van der Waals surface area contributed by atoms with Crippen LogP contribution in [0.5, 0.6) is 0 Å². The fraction of sp³-hybridized carbons (Fsp3) is 0.526. The lowest BCUT2D eigenvalue weighted by Crippen LogP contribution is -2.45. The number of ether oxygens (including phenoxy) is 1. The van der Waals surface area contributed by atoms with E-state index >= 15 is 0 Å². The van der Waals surface area contributed by atoms with Crippen molar-refractivity contribution >= 4 is 35.6 Å². The molecular formula is C19H29IN4O. The van der Waals surface area contributed by atoms with Gasteiger partial charge in [0.15, 0.2) is 5.96 Å². The van der Waals surface area contributed by atoms with Crippen molar-refractivity contribution in [2.24, 2.45) is 4.99 Å². The van der Waals surface area contributed by atoms with Crippen LogP contribution in [0.3, 0.4) is 0 Å². The number of aliphatic imine (C=N–C) groups is 1. The predicted octanol–water partition coefficient (Wildman–Crippen LogP) is 2.91. The smallest absolute Gasteiger partial charge is 0.191 e. The number of halogens is 1. The molecule has 1 aromatic carbocycles. The molecule has 0 spiro atoms. The molecule has 5 nitrogen and oxygen atoms in total. The second-order valence-corrected chi connectivity index (χ2v) is 6.73. The molecule has 0 aromatic heterocycles. The fourth-order valence-corrected chi connectivity index (χ4v) is 3.21. The molecule has 1 unspecified atom stereocenters. The Hall–Kier alpha value is -1.28. The highest BCUT2D eigenvalue weighted by molar-refractivity contribution is 14.0. The monoisotopic (exact) mass is 456 g/mol. The molecular weight excluding hydrogens is 427 g/mol. The topological polar surface area (TPSA) is 48.9 Å². The third-order valence-corrected chi connectivity index (χ3v) is 4.71. The summed E-state index contributed by atoms with van der Waals surface area (Å²) < 4.78 is 5.81. The third kappa shape index (κ3) is 5.60. The second kappa shape index (κ2) is 9.43. The molecule has 1 fully saturated rings. The Kier molecular flexibility index (Phi) is 7.56. The van der Waals surface area contributed by atoms with Crippen molar-refractivity contribution in [1.29, 1.82) is 0 Å². The van der Waals surface area contributed by atoms with Crippen LogP contribution in [0.4, 0.5) is 5.69 Å². The highest BCUT2D eigenvalue weighted by Gasteiger charge is 2.29. The van der Waals surface area contributed by atoms with Crippen LogP contribution >= 0.6 is 24.0 Å². The van der Waals surface area contributed by atoms with Crippen LogP contribution in [0.2, 0.25) is 0 Å². The molecule has 2 aliphatic heterocycles. The van der Waals surface area contributed by atoms with E-state index in [1.54, 1.807) is 7.05 Å². The minimum absolute atomic E-state index is 0. The van der Waals surface area contributed by atoms with E-state index in [1.165, 1.54) is 11.3 Å². The summed E-state index contributed by atoms with van der Waals surface area (Å²) in [7, 11) is 1.81. The van der Waals surface area contributed by atoms with Gasteiger partial charge in [0, 0.05) is 45.5 Å². The molecule has 0 saturated carbocycles. The van der Waals surface area contributed by atoms with E-state index in [1.807, 2.05) is 0 Å². The van der Waals surface area contributed by atoms with Crippen LogP contribution in [0.15, 0.2) is 41.4 Å². The van der Waals surface area contributed by atoms with E-state index in [2.05, 4.69) is 63.9 Å². The van der Waals surface area contributed by atoms with Crippen LogP contribution in [-0.4, -0.2) is 44.8 Å². The molecule has 138 valence electrons. The molecule has 2 aliphatic rings. The minimum atomic E-state index is -0.0692. The van der Waals surface area contributed by atoms with Crippen molar-refractivity contribution < 1.29 is 4.74 Å².